The van der Waals surface area contributed by atoms with Gasteiger partial charge < -0.3 is 15.4 Å². The van der Waals surface area contributed by atoms with E-state index in [1.807, 2.05) is 31.2 Å². The maximum absolute atomic E-state index is 12.6. The minimum Gasteiger partial charge on any atom is -0.496 e. The van der Waals surface area contributed by atoms with Crippen LogP contribution >= 0.6 is 0 Å². The Labute approximate surface area is 210 Å². The van der Waals surface area contributed by atoms with Gasteiger partial charge in [-0.25, -0.2) is 8.42 Å². The van der Waals surface area contributed by atoms with E-state index in [2.05, 4.69) is 27.7 Å². The number of ether oxygens (including phenoxy) is 1. The van der Waals surface area contributed by atoms with Crippen molar-refractivity contribution in [3.63, 3.8) is 0 Å². The van der Waals surface area contributed by atoms with Gasteiger partial charge in [0, 0.05) is 19.0 Å². The highest BCUT2D eigenvalue weighted by molar-refractivity contribution is 7.90. The molecule has 0 aromatic heterocycles. The Hall–Kier alpha value is -4.08. The van der Waals surface area contributed by atoms with Crippen LogP contribution in [-0.4, -0.2) is 51.7 Å². The third-order valence-corrected chi connectivity index (χ3v) is 6.58. The summed E-state index contributed by atoms with van der Waals surface area (Å²) in [7, 11) is -2.10. The van der Waals surface area contributed by atoms with E-state index >= 15 is 0 Å². The monoisotopic (exact) mass is 512 g/mol. The van der Waals surface area contributed by atoms with E-state index in [9.17, 15) is 23.3 Å². The van der Waals surface area contributed by atoms with Crippen molar-refractivity contribution >= 4 is 21.7 Å². The lowest BCUT2D eigenvalue weighted by Crippen LogP contribution is -2.42. The van der Waals surface area contributed by atoms with Crippen LogP contribution in [0.4, 0.5) is 0 Å². The topological polar surface area (TPSA) is 153 Å². The number of hydrazine groups is 2. The van der Waals surface area contributed by atoms with E-state index in [0.717, 1.165) is 18.2 Å². The molecule has 2 amide bonds. The normalized spacial score (nSPS) is 13.7. The molecule has 1 heterocycles. The molecule has 36 heavy (non-hydrogen) atoms. The molecule has 1 atom stereocenters. The molecule has 2 aromatic carbocycles. The van der Waals surface area contributed by atoms with Gasteiger partial charge in [-0.1, -0.05) is 31.2 Å². The second-order valence-electron chi connectivity index (χ2n) is 7.99. The van der Waals surface area contributed by atoms with E-state index in [0.29, 0.717) is 5.56 Å². The number of hydrogen-bond acceptors (Lipinski definition) is 9. The molecule has 0 bridgehead atoms. The fraction of sp³-hybridized carbons (Fsp3) is 0.292. The van der Waals surface area contributed by atoms with Crippen LogP contribution in [0.25, 0.3) is 0 Å². The number of amides is 2. The smallest absolute Gasteiger partial charge is 0.271 e. The average Bonchev–Trinajstić information content (AvgIpc) is 3.35. The SMILES string of the molecule is CCc1ccc(C(C#N)NC(=O)C2=CN(CCNC(=O)c3cc(S(C)(=O)=O)ccc3OC)NN2)cc1. The number of sulfone groups is 1. The molecule has 12 heteroatoms. The molecule has 0 radical (unpaired) electrons. The van der Waals surface area contributed by atoms with Crippen molar-refractivity contribution in [2.75, 3.05) is 26.5 Å². The van der Waals surface area contributed by atoms with Crippen LogP contribution in [0.15, 0.2) is 59.3 Å². The predicted octanol–water partition coefficient (Wildman–Crippen LogP) is 0.938. The maximum Gasteiger partial charge on any atom is 0.271 e. The minimum absolute atomic E-state index is 0.00873. The minimum atomic E-state index is -3.49. The van der Waals surface area contributed by atoms with Crippen LogP contribution in [0, 0.1) is 11.3 Å². The first-order valence-corrected chi connectivity index (χ1v) is 13.0. The summed E-state index contributed by atoms with van der Waals surface area (Å²) >= 11 is 0. The number of nitrogens with one attached hydrogen (secondary N) is 4. The van der Waals surface area contributed by atoms with Crippen molar-refractivity contribution in [1.82, 2.24) is 26.6 Å². The number of carbonyl (C=O) groups is 2. The molecule has 11 nitrogen and oxygen atoms in total. The zero-order valence-electron chi connectivity index (χ0n) is 20.2. The summed E-state index contributed by atoms with van der Waals surface area (Å²) in [5, 5.41) is 16.4. The van der Waals surface area contributed by atoms with Crippen molar-refractivity contribution < 1.29 is 22.7 Å². The molecule has 4 N–H and O–H groups in total. The lowest BCUT2D eigenvalue weighted by molar-refractivity contribution is -0.118. The van der Waals surface area contributed by atoms with Gasteiger partial charge in [0.2, 0.25) is 0 Å². The van der Waals surface area contributed by atoms with Crippen LogP contribution in [0.1, 0.15) is 34.5 Å². The van der Waals surface area contributed by atoms with Gasteiger partial charge in [0.15, 0.2) is 9.84 Å². The first-order valence-electron chi connectivity index (χ1n) is 11.1. The van der Waals surface area contributed by atoms with Gasteiger partial charge in [-0.2, -0.15) is 5.26 Å². The number of carbonyl (C=O) groups excluding carboxylic acids is 2. The van der Waals surface area contributed by atoms with Crippen molar-refractivity contribution in [2.45, 2.75) is 24.3 Å². The number of nitriles is 1. The molecule has 0 saturated carbocycles. The van der Waals surface area contributed by atoms with Crippen LogP contribution in [-0.2, 0) is 21.1 Å². The number of rotatable bonds is 10. The summed E-state index contributed by atoms with van der Waals surface area (Å²) < 4.78 is 28.8. The number of nitrogens with zero attached hydrogens (tertiary/aromatic N) is 2. The number of hydrogen-bond donors (Lipinski definition) is 4. The zero-order valence-corrected chi connectivity index (χ0v) is 21.0. The van der Waals surface area contributed by atoms with Gasteiger partial charge in [0.05, 0.1) is 30.2 Å². The van der Waals surface area contributed by atoms with Crippen molar-refractivity contribution in [3.05, 3.63) is 71.1 Å². The Morgan fingerprint density at radius 2 is 1.89 bits per heavy atom. The van der Waals surface area contributed by atoms with E-state index in [4.69, 9.17) is 4.74 Å². The Balaban J connectivity index is 1.56. The largest absolute Gasteiger partial charge is 0.496 e. The van der Waals surface area contributed by atoms with E-state index in [1.54, 1.807) is 5.01 Å². The Morgan fingerprint density at radius 1 is 1.17 bits per heavy atom. The Morgan fingerprint density at radius 3 is 2.50 bits per heavy atom. The molecular weight excluding hydrogens is 484 g/mol. The lowest BCUT2D eigenvalue weighted by atomic mass is 10.0. The van der Waals surface area contributed by atoms with Gasteiger partial charge in [-0.3, -0.25) is 20.0 Å². The van der Waals surface area contributed by atoms with E-state index in [1.165, 1.54) is 31.5 Å². The van der Waals surface area contributed by atoms with Gasteiger partial charge in [-0.15, -0.1) is 5.53 Å². The average molecular weight is 513 g/mol. The summed E-state index contributed by atoms with van der Waals surface area (Å²) in [6, 6.07) is 12.8. The van der Waals surface area contributed by atoms with Gasteiger partial charge in [-0.05, 0) is 35.7 Å². The number of methoxy groups -OCH3 is 1. The zero-order chi connectivity index (χ0) is 26.3. The highest BCUT2D eigenvalue weighted by Crippen LogP contribution is 2.22. The van der Waals surface area contributed by atoms with E-state index in [-0.39, 0.29) is 35.0 Å². The Bertz CT molecular complexity index is 1300. The number of aryl methyl sites for hydroxylation is 1. The van der Waals surface area contributed by atoms with Gasteiger partial charge in [0.1, 0.15) is 17.5 Å². The maximum atomic E-state index is 12.6. The first kappa shape index (κ1) is 26.5. The first-order chi connectivity index (χ1) is 17.2. The predicted molar refractivity (Wildman–Crippen MR) is 132 cm³/mol. The third-order valence-electron chi connectivity index (χ3n) is 5.47. The summed E-state index contributed by atoms with van der Waals surface area (Å²) in [6.07, 6.45) is 3.45. The van der Waals surface area contributed by atoms with Crippen LogP contribution in [0.5, 0.6) is 5.75 Å². The highest BCUT2D eigenvalue weighted by atomic mass is 32.2. The summed E-state index contributed by atoms with van der Waals surface area (Å²) in [6.45, 7) is 2.49. The molecule has 2 aromatic rings. The summed E-state index contributed by atoms with van der Waals surface area (Å²) in [4.78, 5) is 25.3. The fourth-order valence-electron chi connectivity index (χ4n) is 3.41. The van der Waals surface area contributed by atoms with Gasteiger partial charge in [0.25, 0.3) is 11.8 Å². The summed E-state index contributed by atoms with van der Waals surface area (Å²) in [5.41, 5.74) is 7.64. The summed E-state index contributed by atoms with van der Waals surface area (Å²) in [5.74, 6) is -0.726. The quantitative estimate of drug-likeness (QED) is 0.364. The van der Waals surface area contributed by atoms with E-state index < -0.39 is 27.7 Å². The van der Waals surface area contributed by atoms with Crippen molar-refractivity contribution in [2.24, 2.45) is 0 Å². The number of benzene rings is 2. The fourth-order valence-corrected chi connectivity index (χ4v) is 4.06. The molecule has 1 aliphatic rings. The molecule has 1 aliphatic heterocycles. The second kappa shape index (κ2) is 11.6. The van der Waals surface area contributed by atoms with Crippen LogP contribution in [0.2, 0.25) is 0 Å². The highest BCUT2D eigenvalue weighted by Gasteiger charge is 2.22. The molecular formula is C24H28N6O5S. The van der Waals surface area contributed by atoms with Crippen LogP contribution < -0.4 is 26.3 Å². The van der Waals surface area contributed by atoms with Crippen molar-refractivity contribution in [1.29, 1.82) is 5.26 Å². The standard InChI is InChI=1S/C24H28N6O5S/c1-4-16-5-7-17(8-6-16)20(14-25)27-24(32)21-15-30(29-28-21)12-11-26-23(31)19-13-18(36(3,33)34)9-10-22(19)35-2/h5-10,13,15,20,28-29H,4,11-12H2,1-3H3,(H,26,31)(H,27,32). The third kappa shape index (κ3) is 6.53. The molecule has 0 fully saturated rings. The molecule has 190 valence electrons. The molecule has 0 spiro atoms. The molecule has 3 rings (SSSR count). The Kier molecular flexibility index (Phi) is 8.52. The molecule has 1 unspecified atom stereocenters. The van der Waals surface area contributed by atoms with Crippen molar-refractivity contribution in [3.8, 4) is 11.8 Å². The van der Waals surface area contributed by atoms with Crippen LogP contribution in [0.3, 0.4) is 0 Å². The lowest BCUT2D eigenvalue weighted by Gasteiger charge is -2.16. The van der Waals surface area contributed by atoms with Gasteiger partial charge >= 0.3 is 0 Å². The second-order valence-corrected chi connectivity index (χ2v) is 10.0. The molecule has 0 saturated heterocycles. The molecule has 0 aliphatic carbocycles.